The standard InChI is InChI=1S/C18H20BrNO4S/c1-4-24-18(21)14-9-10-17(16(19)11-14)25(22,23)20-13(3)15-8-6-5-7-12(15)2/h5-11,13,20H,4H2,1-3H3/t13-/m1/s1. The molecule has 5 nitrogen and oxygen atoms in total. The second-order valence-corrected chi connectivity index (χ2v) is 8.10. The van der Waals surface area contributed by atoms with Crippen molar-refractivity contribution < 1.29 is 17.9 Å². The topological polar surface area (TPSA) is 72.5 Å². The van der Waals surface area contributed by atoms with Crippen LogP contribution in [0.15, 0.2) is 51.8 Å². The van der Waals surface area contributed by atoms with Gasteiger partial charge in [-0.3, -0.25) is 0 Å². The molecule has 0 aliphatic carbocycles. The lowest BCUT2D eigenvalue weighted by atomic mass is 10.0. The maximum atomic E-state index is 12.7. The maximum absolute atomic E-state index is 12.7. The van der Waals surface area contributed by atoms with Gasteiger partial charge < -0.3 is 4.74 Å². The molecular formula is C18H20BrNO4S. The van der Waals surface area contributed by atoms with E-state index >= 15 is 0 Å². The fourth-order valence-corrected chi connectivity index (χ4v) is 4.79. The number of carbonyl (C=O) groups excluding carboxylic acids is 1. The normalized spacial score (nSPS) is 12.6. The Bertz CT molecular complexity index is 880. The van der Waals surface area contributed by atoms with Gasteiger partial charge in [-0.25, -0.2) is 17.9 Å². The third-order valence-corrected chi connectivity index (χ3v) is 6.24. The molecule has 2 rings (SSSR count). The molecule has 25 heavy (non-hydrogen) atoms. The van der Waals surface area contributed by atoms with Crippen LogP contribution in [0.5, 0.6) is 0 Å². The molecule has 0 spiro atoms. The van der Waals surface area contributed by atoms with Gasteiger partial charge in [0.05, 0.1) is 17.1 Å². The van der Waals surface area contributed by atoms with E-state index in [1.54, 1.807) is 13.8 Å². The highest BCUT2D eigenvalue weighted by atomic mass is 79.9. The van der Waals surface area contributed by atoms with Gasteiger partial charge in [0.1, 0.15) is 0 Å². The highest BCUT2D eigenvalue weighted by molar-refractivity contribution is 9.10. The van der Waals surface area contributed by atoms with Crippen LogP contribution in [-0.2, 0) is 14.8 Å². The van der Waals surface area contributed by atoms with Crippen LogP contribution in [0.1, 0.15) is 41.4 Å². The van der Waals surface area contributed by atoms with Gasteiger partial charge in [0.2, 0.25) is 10.0 Å². The number of hydrogen-bond acceptors (Lipinski definition) is 4. The zero-order valence-corrected chi connectivity index (χ0v) is 16.6. The molecule has 1 atom stereocenters. The first-order chi connectivity index (χ1) is 11.8. The first-order valence-corrected chi connectivity index (χ1v) is 10.1. The number of benzene rings is 2. The Morgan fingerprint density at radius 3 is 2.52 bits per heavy atom. The second kappa shape index (κ2) is 8.12. The van der Waals surface area contributed by atoms with E-state index in [0.29, 0.717) is 10.0 Å². The van der Waals surface area contributed by atoms with Gasteiger partial charge in [-0.05, 0) is 66.0 Å². The van der Waals surface area contributed by atoms with Crippen molar-refractivity contribution in [1.82, 2.24) is 4.72 Å². The maximum Gasteiger partial charge on any atom is 0.338 e. The first-order valence-electron chi connectivity index (χ1n) is 7.80. The summed E-state index contributed by atoms with van der Waals surface area (Å²) in [6.07, 6.45) is 0. The minimum absolute atomic E-state index is 0.0704. The number of rotatable bonds is 6. The number of aryl methyl sites for hydroxylation is 1. The Morgan fingerprint density at radius 1 is 1.24 bits per heavy atom. The van der Waals surface area contributed by atoms with Gasteiger partial charge in [0.15, 0.2) is 0 Å². The van der Waals surface area contributed by atoms with Gasteiger partial charge >= 0.3 is 5.97 Å². The molecule has 0 fully saturated rings. The van der Waals surface area contributed by atoms with Gasteiger partial charge in [-0.15, -0.1) is 0 Å². The van der Waals surface area contributed by atoms with Crippen molar-refractivity contribution in [2.24, 2.45) is 0 Å². The highest BCUT2D eigenvalue weighted by Gasteiger charge is 2.22. The molecular weight excluding hydrogens is 406 g/mol. The molecule has 0 saturated carbocycles. The minimum Gasteiger partial charge on any atom is -0.462 e. The lowest BCUT2D eigenvalue weighted by molar-refractivity contribution is 0.0526. The number of nitrogens with one attached hydrogen (secondary N) is 1. The summed E-state index contributed by atoms with van der Waals surface area (Å²) in [5, 5.41) is 0. The van der Waals surface area contributed by atoms with E-state index in [0.717, 1.165) is 11.1 Å². The van der Waals surface area contributed by atoms with E-state index < -0.39 is 16.0 Å². The van der Waals surface area contributed by atoms with Crippen LogP contribution in [0.2, 0.25) is 0 Å². The molecule has 0 aromatic heterocycles. The van der Waals surface area contributed by atoms with Crippen molar-refractivity contribution in [3.05, 3.63) is 63.6 Å². The predicted octanol–water partition coefficient (Wildman–Crippen LogP) is 3.97. The largest absolute Gasteiger partial charge is 0.462 e. The molecule has 0 heterocycles. The summed E-state index contributed by atoms with van der Waals surface area (Å²) in [6.45, 7) is 5.69. The van der Waals surface area contributed by atoms with Gasteiger partial charge in [-0.2, -0.15) is 0 Å². The Balaban J connectivity index is 2.28. The van der Waals surface area contributed by atoms with Crippen molar-refractivity contribution in [3.8, 4) is 0 Å². The number of hydrogen-bond donors (Lipinski definition) is 1. The molecule has 0 radical (unpaired) electrons. The monoisotopic (exact) mass is 425 g/mol. The van der Waals surface area contributed by atoms with Crippen LogP contribution in [0.4, 0.5) is 0 Å². The fraction of sp³-hybridized carbons (Fsp3) is 0.278. The summed E-state index contributed by atoms with van der Waals surface area (Å²) in [7, 11) is -3.76. The van der Waals surface area contributed by atoms with E-state index in [1.165, 1.54) is 18.2 Å². The number of ether oxygens (including phenoxy) is 1. The minimum atomic E-state index is -3.76. The Kier molecular flexibility index (Phi) is 6.37. The number of halogens is 1. The molecule has 134 valence electrons. The van der Waals surface area contributed by atoms with Crippen molar-refractivity contribution in [3.63, 3.8) is 0 Å². The van der Waals surface area contributed by atoms with E-state index in [1.807, 2.05) is 31.2 Å². The molecule has 2 aromatic carbocycles. The predicted molar refractivity (Wildman–Crippen MR) is 100 cm³/mol. The average Bonchev–Trinajstić information content (AvgIpc) is 2.54. The number of carbonyl (C=O) groups is 1. The van der Waals surface area contributed by atoms with Crippen molar-refractivity contribution in [1.29, 1.82) is 0 Å². The van der Waals surface area contributed by atoms with Crippen LogP contribution in [0.3, 0.4) is 0 Å². The van der Waals surface area contributed by atoms with E-state index in [4.69, 9.17) is 4.74 Å². The van der Waals surface area contributed by atoms with Crippen molar-refractivity contribution in [2.75, 3.05) is 6.61 Å². The molecule has 1 N–H and O–H groups in total. The Morgan fingerprint density at radius 2 is 1.92 bits per heavy atom. The molecule has 0 unspecified atom stereocenters. The summed E-state index contributed by atoms with van der Waals surface area (Å²) in [5.41, 5.74) is 2.21. The molecule has 0 amide bonds. The SMILES string of the molecule is CCOC(=O)c1ccc(S(=O)(=O)N[C@H](C)c2ccccc2C)c(Br)c1. The van der Waals surface area contributed by atoms with Gasteiger partial charge in [0, 0.05) is 10.5 Å². The number of esters is 1. The number of sulfonamides is 1. The van der Waals surface area contributed by atoms with Gasteiger partial charge in [-0.1, -0.05) is 24.3 Å². The van der Waals surface area contributed by atoms with E-state index in [2.05, 4.69) is 20.7 Å². The highest BCUT2D eigenvalue weighted by Crippen LogP contribution is 2.26. The van der Waals surface area contributed by atoms with Crippen molar-refractivity contribution >= 4 is 31.9 Å². The summed E-state index contributed by atoms with van der Waals surface area (Å²) in [5.74, 6) is -0.492. The summed E-state index contributed by atoms with van der Waals surface area (Å²) in [6, 6.07) is 11.5. The van der Waals surface area contributed by atoms with E-state index in [9.17, 15) is 13.2 Å². The van der Waals surface area contributed by atoms with Crippen LogP contribution in [0.25, 0.3) is 0 Å². The molecule has 0 aliphatic rings. The molecule has 0 saturated heterocycles. The Labute approximate surface area is 156 Å². The average molecular weight is 426 g/mol. The van der Waals surface area contributed by atoms with Crippen LogP contribution >= 0.6 is 15.9 Å². The Hall–Kier alpha value is -1.70. The second-order valence-electron chi connectivity index (χ2n) is 5.57. The van der Waals surface area contributed by atoms with Crippen LogP contribution in [-0.4, -0.2) is 21.0 Å². The van der Waals surface area contributed by atoms with E-state index in [-0.39, 0.29) is 17.5 Å². The van der Waals surface area contributed by atoms with Crippen LogP contribution < -0.4 is 4.72 Å². The molecule has 0 aliphatic heterocycles. The molecule has 7 heteroatoms. The van der Waals surface area contributed by atoms with Crippen molar-refractivity contribution in [2.45, 2.75) is 31.7 Å². The first kappa shape index (κ1) is 19.6. The molecule has 0 bridgehead atoms. The quantitative estimate of drug-likeness (QED) is 0.710. The third kappa shape index (κ3) is 4.68. The molecule has 2 aromatic rings. The summed E-state index contributed by atoms with van der Waals surface area (Å²) < 4.78 is 33.3. The summed E-state index contributed by atoms with van der Waals surface area (Å²) in [4.78, 5) is 11.8. The zero-order chi connectivity index (χ0) is 18.6. The third-order valence-electron chi connectivity index (χ3n) is 3.72. The lowest BCUT2D eigenvalue weighted by Gasteiger charge is -2.17. The zero-order valence-electron chi connectivity index (χ0n) is 14.2. The lowest BCUT2D eigenvalue weighted by Crippen LogP contribution is -2.27. The van der Waals surface area contributed by atoms with Gasteiger partial charge in [0.25, 0.3) is 0 Å². The summed E-state index contributed by atoms with van der Waals surface area (Å²) >= 11 is 3.24. The van der Waals surface area contributed by atoms with Crippen LogP contribution in [0, 0.1) is 6.92 Å². The smallest absolute Gasteiger partial charge is 0.338 e. The fourth-order valence-electron chi connectivity index (χ4n) is 2.49.